The van der Waals surface area contributed by atoms with Crippen LogP contribution in [0.2, 0.25) is 0 Å². The molecule has 1 unspecified atom stereocenters. The molecule has 1 fully saturated rings. The maximum atomic E-state index is 11.0. The van der Waals surface area contributed by atoms with Crippen molar-refractivity contribution in [1.82, 2.24) is 9.88 Å². The molecule has 0 saturated carbocycles. The summed E-state index contributed by atoms with van der Waals surface area (Å²) in [5, 5.41) is 11.9. The first-order chi connectivity index (χ1) is 7.63. The smallest absolute Gasteiger partial charge is 0.305 e. The molecule has 2 rings (SSSR count). The van der Waals surface area contributed by atoms with Crippen LogP contribution in [-0.2, 0) is 10.3 Å². The highest BCUT2D eigenvalue weighted by molar-refractivity contribution is 7.09. The SMILES string of the molecule is CC(CC(=O)O)(c1nccs1)N1CCCC1. The summed E-state index contributed by atoms with van der Waals surface area (Å²) in [5.74, 6) is -0.760. The third-order valence-electron chi connectivity index (χ3n) is 3.19. The fraction of sp³-hybridized carbons (Fsp3) is 0.636. The Kier molecular flexibility index (Phi) is 3.25. The predicted molar refractivity (Wildman–Crippen MR) is 62.5 cm³/mol. The van der Waals surface area contributed by atoms with Crippen molar-refractivity contribution in [3.63, 3.8) is 0 Å². The first kappa shape index (κ1) is 11.5. The molecule has 1 saturated heterocycles. The molecule has 2 heterocycles. The van der Waals surface area contributed by atoms with Gasteiger partial charge >= 0.3 is 5.97 Å². The molecule has 0 radical (unpaired) electrons. The van der Waals surface area contributed by atoms with E-state index in [0.29, 0.717) is 0 Å². The van der Waals surface area contributed by atoms with Crippen LogP contribution < -0.4 is 0 Å². The van der Waals surface area contributed by atoms with E-state index in [4.69, 9.17) is 5.11 Å². The van der Waals surface area contributed by atoms with E-state index in [0.717, 1.165) is 30.9 Å². The van der Waals surface area contributed by atoms with Gasteiger partial charge in [-0.1, -0.05) is 0 Å². The van der Waals surface area contributed by atoms with Crippen molar-refractivity contribution in [2.75, 3.05) is 13.1 Å². The Morgan fingerprint density at radius 3 is 2.81 bits per heavy atom. The van der Waals surface area contributed by atoms with Gasteiger partial charge in [-0.05, 0) is 32.9 Å². The minimum Gasteiger partial charge on any atom is -0.481 e. The zero-order chi connectivity index (χ0) is 11.6. The van der Waals surface area contributed by atoms with Gasteiger partial charge in [0, 0.05) is 11.6 Å². The number of hydrogen-bond donors (Lipinski definition) is 1. The number of carboxylic acid groups (broad SMARTS) is 1. The molecule has 1 aliphatic rings. The fourth-order valence-electron chi connectivity index (χ4n) is 2.32. The standard InChI is InChI=1S/C11H16N2O2S/c1-11(8-9(14)15,10-12-4-7-16-10)13-5-2-3-6-13/h4,7H,2-3,5-6,8H2,1H3,(H,14,15). The highest BCUT2D eigenvalue weighted by Gasteiger charge is 2.39. The summed E-state index contributed by atoms with van der Waals surface area (Å²) in [4.78, 5) is 17.6. The van der Waals surface area contributed by atoms with Crippen molar-refractivity contribution in [2.24, 2.45) is 0 Å². The lowest BCUT2D eigenvalue weighted by molar-refractivity contribution is -0.140. The molecule has 0 aromatic carbocycles. The average Bonchev–Trinajstić information content (AvgIpc) is 2.91. The molecular weight excluding hydrogens is 224 g/mol. The molecule has 0 amide bonds. The normalized spacial score (nSPS) is 20.8. The van der Waals surface area contributed by atoms with Crippen LogP contribution in [0.5, 0.6) is 0 Å². The molecule has 0 aliphatic carbocycles. The van der Waals surface area contributed by atoms with E-state index in [1.165, 1.54) is 0 Å². The Morgan fingerprint density at radius 1 is 1.62 bits per heavy atom. The van der Waals surface area contributed by atoms with Gasteiger partial charge in [-0.15, -0.1) is 11.3 Å². The summed E-state index contributed by atoms with van der Waals surface area (Å²) in [6.45, 7) is 3.94. The lowest BCUT2D eigenvalue weighted by Gasteiger charge is -2.35. The van der Waals surface area contributed by atoms with E-state index in [2.05, 4.69) is 9.88 Å². The minimum atomic E-state index is -0.760. The van der Waals surface area contributed by atoms with Crippen molar-refractivity contribution in [3.8, 4) is 0 Å². The third kappa shape index (κ3) is 2.10. The highest BCUT2D eigenvalue weighted by atomic mass is 32.1. The lowest BCUT2D eigenvalue weighted by atomic mass is 9.96. The molecule has 0 bridgehead atoms. The molecular formula is C11H16N2O2S. The van der Waals surface area contributed by atoms with Gasteiger partial charge in [0.25, 0.3) is 0 Å². The summed E-state index contributed by atoms with van der Waals surface area (Å²) < 4.78 is 0. The van der Waals surface area contributed by atoms with Crippen LogP contribution in [0.15, 0.2) is 11.6 Å². The summed E-state index contributed by atoms with van der Waals surface area (Å²) in [6.07, 6.45) is 4.18. The predicted octanol–water partition coefficient (Wildman–Crippen LogP) is 1.93. The second kappa shape index (κ2) is 4.51. The van der Waals surface area contributed by atoms with Gasteiger partial charge in [0.05, 0.1) is 12.0 Å². The Labute approximate surface area is 98.9 Å². The zero-order valence-electron chi connectivity index (χ0n) is 9.35. The maximum Gasteiger partial charge on any atom is 0.305 e. The lowest BCUT2D eigenvalue weighted by Crippen LogP contribution is -2.43. The summed E-state index contributed by atoms with van der Waals surface area (Å²) in [6, 6.07) is 0. The summed E-state index contributed by atoms with van der Waals surface area (Å²) in [7, 11) is 0. The Hall–Kier alpha value is -0.940. The second-order valence-electron chi connectivity index (χ2n) is 4.38. The van der Waals surface area contributed by atoms with Gasteiger partial charge in [-0.2, -0.15) is 0 Å². The van der Waals surface area contributed by atoms with Gasteiger partial charge < -0.3 is 5.11 Å². The van der Waals surface area contributed by atoms with Gasteiger partial charge in [-0.3, -0.25) is 9.69 Å². The van der Waals surface area contributed by atoms with Crippen LogP contribution >= 0.6 is 11.3 Å². The quantitative estimate of drug-likeness (QED) is 0.873. The van der Waals surface area contributed by atoms with Crippen molar-refractivity contribution < 1.29 is 9.90 Å². The molecule has 88 valence electrons. The number of hydrogen-bond acceptors (Lipinski definition) is 4. The monoisotopic (exact) mass is 240 g/mol. The second-order valence-corrected chi connectivity index (χ2v) is 5.27. The Morgan fingerprint density at radius 2 is 2.31 bits per heavy atom. The topological polar surface area (TPSA) is 53.4 Å². The first-order valence-corrected chi connectivity index (χ1v) is 6.38. The fourth-order valence-corrected chi connectivity index (χ4v) is 3.14. The van der Waals surface area contributed by atoms with Gasteiger partial charge in [-0.25, -0.2) is 4.98 Å². The summed E-state index contributed by atoms with van der Waals surface area (Å²) >= 11 is 1.54. The molecule has 1 aromatic rings. The van der Waals surface area contributed by atoms with E-state index in [1.807, 2.05) is 12.3 Å². The van der Waals surface area contributed by atoms with Crippen molar-refractivity contribution >= 4 is 17.3 Å². The number of aromatic nitrogens is 1. The molecule has 1 aromatic heterocycles. The van der Waals surface area contributed by atoms with Crippen molar-refractivity contribution in [2.45, 2.75) is 31.7 Å². The van der Waals surface area contributed by atoms with Crippen LogP contribution in [0.3, 0.4) is 0 Å². The number of likely N-dealkylation sites (tertiary alicyclic amines) is 1. The molecule has 1 N–H and O–H groups in total. The summed E-state index contributed by atoms with van der Waals surface area (Å²) in [5.41, 5.74) is -0.434. The zero-order valence-corrected chi connectivity index (χ0v) is 10.2. The number of rotatable bonds is 4. The molecule has 4 nitrogen and oxygen atoms in total. The Bertz CT molecular complexity index is 360. The van der Waals surface area contributed by atoms with Crippen LogP contribution in [-0.4, -0.2) is 34.0 Å². The van der Waals surface area contributed by atoms with E-state index in [1.54, 1.807) is 17.5 Å². The Balaban J connectivity index is 2.27. The van der Waals surface area contributed by atoms with Gasteiger partial charge in [0.1, 0.15) is 5.01 Å². The van der Waals surface area contributed by atoms with E-state index in [9.17, 15) is 4.79 Å². The minimum absolute atomic E-state index is 0.126. The van der Waals surface area contributed by atoms with Gasteiger partial charge in [0.15, 0.2) is 0 Å². The van der Waals surface area contributed by atoms with Crippen LogP contribution in [0.4, 0.5) is 0 Å². The van der Waals surface area contributed by atoms with Crippen LogP contribution in [0.25, 0.3) is 0 Å². The third-order valence-corrected chi connectivity index (χ3v) is 4.22. The maximum absolute atomic E-state index is 11.0. The van der Waals surface area contributed by atoms with Crippen molar-refractivity contribution in [3.05, 3.63) is 16.6 Å². The number of carboxylic acids is 1. The highest BCUT2D eigenvalue weighted by Crippen LogP contribution is 2.35. The number of thiazole rings is 1. The van der Waals surface area contributed by atoms with Gasteiger partial charge in [0.2, 0.25) is 0 Å². The van der Waals surface area contributed by atoms with Crippen LogP contribution in [0, 0.1) is 0 Å². The van der Waals surface area contributed by atoms with Crippen LogP contribution in [0.1, 0.15) is 31.2 Å². The molecule has 0 spiro atoms. The molecule has 5 heteroatoms. The number of nitrogens with zero attached hydrogens (tertiary/aromatic N) is 2. The molecule has 16 heavy (non-hydrogen) atoms. The number of aliphatic carboxylic acids is 1. The van der Waals surface area contributed by atoms with Crippen molar-refractivity contribution in [1.29, 1.82) is 0 Å². The number of carbonyl (C=O) groups is 1. The molecule has 1 aliphatic heterocycles. The first-order valence-electron chi connectivity index (χ1n) is 5.50. The van der Waals surface area contributed by atoms with E-state index in [-0.39, 0.29) is 6.42 Å². The van der Waals surface area contributed by atoms with E-state index >= 15 is 0 Å². The van der Waals surface area contributed by atoms with E-state index < -0.39 is 11.5 Å². The average molecular weight is 240 g/mol. The molecule has 1 atom stereocenters. The largest absolute Gasteiger partial charge is 0.481 e.